The molecular formula is C14H14N2O5. The molecule has 0 unspecified atom stereocenters. The minimum Gasteiger partial charge on any atom is -0.490 e. The molecule has 0 N–H and O–H groups in total. The van der Waals surface area contributed by atoms with Crippen LogP contribution in [-0.2, 0) is 11.8 Å². The molecule has 0 saturated heterocycles. The van der Waals surface area contributed by atoms with E-state index in [-0.39, 0.29) is 24.6 Å². The molecule has 0 atom stereocenters. The molecule has 7 nitrogen and oxygen atoms in total. The Labute approximate surface area is 120 Å². The van der Waals surface area contributed by atoms with Gasteiger partial charge < -0.3 is 14.0 Å². The number of hydrogen-bond acceptors (Lipinski definition) is 5. The smallest absolute Gasteiger partial charge is 0.355 e. The van der Waals surface area contributed by atoms with Gasteiger partial charge in [0.1, 0.15) is 24.7 Å². The van der Waals surface area contributed by atoms with Crippen LogP contribution in [0.15, 0.2) is 42.6 Å². The third-order valence-electron chi connectivity index (χ3n) is 2.74. The van der Waals surface area contributed by atoms with Gasteiger partial charge in [-0.25, -0.2) is 4.79 Å². The summed E-state index contributed by atoms with van der Waals surface area (Å²) in [6, 6.07) is 10.3. The van der Waals surface area contributed by atoms with Crippen LogP contribution in [0.2, 0.25) is 0 Å². The average molecular weight is 290 g/mol. The number of carbonyl (C=O) groups excluding carboxylic acids is 1. The summed E-state index contributed by atoms with van der Waals surface area (Å²) < 4.78 is 11.7. The fraction of sp³-hybridized carbons (Fsp3) is 0.214. The predicted molar refractivity (Wildman–Crippen MR) is 74.3 cm³/mol. The molecule has 110 valence electrons. The highest BCUT2D eigenvalue weighted by Crippen LogP contribution is 2.16. The monoisotopic (exact) mass is 290 g/mol. The molecule has 0 radical (unpaired) electrons. The fourth-order valence-electron chi connectivity index (χ4n) is 1.73. The number of benzene rings is 1. The van der Waals surface area contributed by atoms with Crippen molar-refractivity contribution in [3.8, 4) is 5.75 Å². The van der Waals surface area contributed by atoms with Crippen molar-refractivity contribution in [3.05, 3.63) is 58.4 Å². The number of nitro groups is 1. The first kappa shape index (κ1) is 14.6. The van der Waals surface area contributed by atoms with Crippen LogP contribution < -0.4 is 4.74 Å². The molecular weight excluding hydrogens is 276 g/mol. The zero-order valence-electron chi connectivity index (χ0n) is 11.4. The van der Waals surface area contributed by atoms with E-state index in [4.69, 9.17) is 9.47 Å². The van der Waals surface area contributed by atoms with Gasteiger partial charge in [-0.3, -0.25) is 10.1 Å². The minimum atomic E-state index is -0.623. The van der Waals surface area contributed by atoms with Crippen LogP contribution in [0.25, 0.3) is 0 Å². The third-order valence-corrected chi connectivity index (χ3v) is 2.74. The molecule has 0 amide bonds. The van der Waals surface area contributed by atoms with Crippen molar-refractivity contribution in [1.82, 2.24) is 4.57 Å². The normalized spacial score (nSPS) is 10.1. The van der Waals surface area contributed by atoms with E-state index in [1.165, 1.54) is 16.8 Å². The number of nitrogens with zero attached hydrogens (tertiary/aromatic N) is 2. The Hall–Kier alpha value is -2.83. The molecule has 0 spiro atoms. The second-order valence-electron chi connectivity index (χ2n) is 4.25. The first-order valence-corrected chi connectivity index (χ1v) is 6.23. The van der Waals surface area contributed by atoms with E-state index in [0.717, 1.165) is 0 Å². The van der Waals surface area contributed by atoms with Crippen LogP contribution in [0.4, 0.5) is 5.69 Å². The highest BCUT2D eigenvalue weighted by atomic mass is 16.6. The summed E-state index contributed by atoms with van der Waals surface area (Å²) in [6.45, 7) is 0.273. The Kier molecular flexibility index (Phi) is 4.55. The van der Waals surface area contributed by atoms with Gasteiger partial charge >= 0.3 is 5.97 Å². The summed E-state index contributed by atoms with van der Waals surface area (Å²) in [5.41, 5.74) is -0.0219. The Balaban J connectivity index is 1.83. The standard InChI is InChI=1S/C14H14N2O5/c1-15-10-11(16(18)19)9-13(15)14(17)21-8-7-20-12-5-3-2-4-6-12/h2-6,9-10H,7-8H2,1H3. The summed E-state index contributed by atoms with van der Waals surface area (Å²) in [7, 11) is 1.55. The molecule has 2 rings (SSSR count). The summed E-state index contributed by atoms with van der Waals surface area (Å²) in [6.07, 6.45) is 1.26. The van der Waals surface area contributed by atoms with Gasteiger partial charge in [0, 0.05) is 13.1 Å². The molecule has 1 aromatic carbocycles. The van der Waals surface area contributed by atoms with Crippen LogP contribution in [0.5, 0.6) is 5.75 Å². The lowest BCUT2D eigenvalue weighted by atomic mass is 10.3. The summed E-state index contributed by atoms with van der Waals surface area (Å²) in [5.74, 6) is 0.0605. The zero-order chi connectivity index (χ0) is 15.2. The highest BCUT2D eigenvalue weighted by Gasteiger charge is 2.18. The molecule has 2 aromatic rings. The van der Waals surface area contributed by atoms with Gasteiger partial charge in [-0.05, 0) is 12.1 Å². The number of aromatic nitrogens is 1. The van der Waals surface area contributed by atoms with Gasteiger partial charge in [-0.2, -0.15) is 0 Å². The molecule has 7 heteroatoms. The van der Waals surface area contributed by atoms with E-state index in [0.29, 0.717) is 5.75 Å². The van der Waals surface area contributed by atoms with Crippen molar-refractivity contribution in [1.29, 1.82) is 0 Å². The number of para-hydroxylation sites is 1. The molecule has 0 aliphatic carbocycles. The van der Waals surface area contributed by atoms with Crippen LogP contribution >= 0.6 is 0 Å². The molecule has 0 fully saturated rings. The topological polar surface area (TPSA) is 83.6 Å². The van der Waals surface area contributed by atoms with E-state index in [1.807, 2.05) is 18.2 Å². The predicted octanol–water partition coefficient (Wildman–Crippen LogP) is 2.17. The maximum absolute atomic E-state index is 11.8. The van der Waals surface area contributed by atoms with Gasteiger partial charge in [0.15, 0.2) is 0 Å². The SMILES string of the molecule is Cn1cc([N+](=O)[O-])cc1C(=O)OCCOc1ccccc1. The second kappa shape index (κ2) is 6.56. The largest absolute Gasteiger partial charge is 0.490 e. The van der Waals surface area contributed by atoms with E-state index in [2.05, 4.69) is 0 Å². The van der Waals surface area contributed by atoms with Crippen molar-refractivity contribution in [2.75, 3.05) is 13.2 Å². The van der Waals surface area contributed by atoms with Gasteiger partial charge in [0.2, 0.25) is 0 Å². The highest BCUT2D eigenvalue weighted by molar-refractivity contribution is 5.88. The molecule has 1 aromatic heterocycles. The van der Waals surface area contributed by atoms with Crippen molar-refractivity contribution < 1.29 is 19.2 Å². The number of rotatable bonds is 6. The van der Waals surface area contributed by atoms with Crippen molar-refractivity contribution in [2.24, 2.45) is 7.05 Å². The van der Waals surface area contributed by atoms with Crippen molar-refractivity contribution >= 4 is 11.7 Å². The minimum absolute atomic E-state index is 0.0622. The van der Waals surface area contributed by atoms with Crippen LogP contribution in [0.3, 0.4) is 0 Å². The van der Waals surface area contributed by atoms with Gasteiger partial charge in [0.05, 0.1) is 11.1 Å². The fourth-order valence-corrected chi connectivity index (χ4v) is 1.73. The van der Waals surface area contributed by atoms with Crippen LogP contribution in [0, 0.1) is 10.1 Å². The Morgan fingerprint density at radius 3 is 2.62 bits per heavy atom. The lowest BCUT2D eigenvalue weighted by Gasteiger charge is -2.07. The Morgan fingerprint density at radius 2 is 2.00 bits per heavy atom. The first-order chi connectivity index (χ1) is 10.1. The van der Waals surface area contributed by atoms with E-state index in [9.17, 15) is 14.9 Å². The molecule has 0 saturated carbocycles. The lowest BCUT2D eigenvalue weighted by molar-refractivity contribution is -0.384. The quantitative estimate of drug-likeness (QED) is 0.352. The number of carbonyl (C=O) groups is 1. The number of aryl methyl sites for hydroxylation is 1. The molecule has 21 heavy (non-hydrogen) atoms. The number of ether oxygens (including phenoxy) is 2. The van der Waals surface area contributed by atoms with E-state index in [1.54, 1.807) is 19.2 Å². The van der Waals surface area contributed by atoms with Crippen molar-refractivity contribution in [3.63, 3.8) is 0 Å². The molecule has 0 aliphatic rings. The second-order valence-corrected chi connectivity index (χ2v) is 4.25. The van der Waals surface area contributed by atoms with Crippen LogP contribution in [0.1, 0.15) is 10.5 Å². The summed E-state index contributed by atoms with van der Waals surface area (Å²) in [4.78, 5) is 21.9. The maximum Gasteiger partial charge on any atom is 0.355 e. The zero-order valence-corrected chi connectivity index (χ0v) is 11.4. The van der Waals surface area contributed by atoms with Gasteiger partial charge in [-0.1, -0.05) is 18.2 Å². The molecule has 0 aliphatic heterocycles. The van der Waals surface area contributed by atoms with Crippen LogP contribution in [-0.4, -0.2) is 28.7 Å². The summed E-state index contributed by atoms with van der Waals surface area (Å²) >= 11 is 0. The number of hydrogen-bond donors (Lipinski definition) is 0. The first-order valence-electron chi connectivity index (χ1n) is 6.23. The Bertz CT molecular complexity index is 636. The maximum atomic E-state index is 11.8. The van der Waals surface area contributed by atoms with E-state index >= 15 is 0 Å². The Morgan fingerprint density at radius 1 is 1.29 bits per heavy atom. The average Bonchev–Trinajstić information content (AvgIpc) is 2.87. The van der Waals surface area contributed by atoms with Gasteiger partial charge in [0.25, 0.3) is 5.69 Å². The summed E-state index contributed by atoms with van der Waals surface area (Å²) in [5, 5.41) is 10.6. The molecule has 0 bridgehead atoms. The third kappa shape index (κ3) is 3.82. The number of esters is 1. The van der Waals surface area contributed by atoms with Gasteiger partial charge in [-0.15, -0.1) is 0 Å². The van der Waals surface area contributed by atoms with E-state index < -0.39 is 10.9 Å². The lowest BCUT2D eigenvalue weighted by Crippen LogP contribution is -2.14. The molecule has 1 heterocycles. The van der Waals surface area contributed by atoms with Crippen molar-refractivity contribution in [2.45, 2.75) is 0 Å².